The molecule has 6 heteroatoms. The maximum Gasteiger partial charge on any atom is 0.0644 e. The topological polar surface area (TPSA) is 59.1 Å². The van der Waals surface area contributed by atoms with Gasteiger partial charge in [0.1, 0.15) is 0 Å². The first kappa shape index (κ1) is 18.1. The molecule has 0 bridgehead atoms. The molecule has 0 unspecified atom stereocenters. The summed E-state index contributed by atoms with van der Waals surface area (Å²) in [6, 6.07) is 2.11. The molecule has 2 aromatic heterocycles. The van der Waals surface area contributed by atoms with Crippen LogP contribution < -0.4 is 0 Å². The Bertz CT molecular complexity index is 682. The quantitative estimate of drug-likeness (QED) is 0.837. The van der Waals surface area contributed by atoms with Crippen LogP contribution in [0.2, 0.25) is 0 Å². The summed E-state index contributed by atoms with van der Waals surface area (Å²) in [4.78, 5) is 2.55. The Hall–Kier alpha value is -1.66. The van der Waals surface area contributed by atoms with E-state index in [-0.39, 0.29) is 6.61 Å². The lowest BCUT2D eigenvalue weighted by atomic mass is 9.93. The van der Waals surface area contributed by atoms with E-state index in [1.54, 1.807) is 0 Å². The maximum absolute atomic E-state index is 9.18. The predicted molar refractivity (Wildman–Crippen MR) is 98.6 cm³/mol. The molecular weight excluding hydrogens is 314 g/mol. The van der Waals surface area contributed by atoms with Gasteiger partial charge in [0.15, 0.2) is 0 Å². The van der Waals surface area contributed by atoms with Crippen molar-refractivity contribution in [2.45, 2.75) is 65.6 Å². The summed E-state index contributed by atoms with van der Waals surface area (Å²) in [6.45, 7) is 11.5. The highest BCUT2D eigenvalue weighted by atomic mass is 16.3. The van der Waals surface area contributed by atoms with Crippen molar-refractivity contribution in [1.29, 1.82) is 0 Å². The summed E-state index contributed by atoms with van der Waals surface area (Å²) < 4.78 is 4.12. The highest BCUT2D eigenvalue weighted by Gasteiger charge is 2.24. The van der Waals surface area contributed by atoms with Crippen molar-refractivity contribution in [3.8, 4) is 0 Å². The van der Waals surface area contributed by atoms with Crippen LogP contribution >= 0.6 is 0 Å². The number of aryl methyl sites for hydroxylation is 2. The Labute approximate surface area is 150 Å². The highest BCUT2D eigenvalue weighted by Crippen LogP contribution is 2.29. The zero-order chi connectivity index (χ0) is 17.8. The van der Waals surface area contributed by atoms with Crippen molar-refractivity contribution in [3.05, 3.63) is 34.9 Å². The number of piperidine rings is 1. The summed E-state index contributed by atoms with van der Waals surface area (Å²) in [5.74, 6) is 0.551. The molecule has 0 spiro atoms. The van der Waals surface area contributed by atoms with Crippen LogP contribution in [0.25, 0.3) is 0 Å². The van der Waals surface area contributed by atoms with Gasteiger partial charge in [0.05, 0.1) is 18.8 Å². The van der Waals surface area contributed by atoms with E-state index >= 15 is 0 Å². The van der Waals surface area contributed by atoms with Crippen molar-refractivity contribution < 1.29 is 5.11 Å². The molecule has 1 aliphatic rings. The molecule has 1 N–H and O–H groups in total. The fraction of sp³-hybridized carbons (Fsp3) is 0.684. The van der Waals surface area contributed by atoms with Crippen LogP contribution in [0.15, 0.2) is 12.3 Å². The zero-order valence-electron chi connectivity index (χ0n) is 15.8. The Morgan fingerprint density at radius 3 is 2.60 bits per heavy atom. The lowest BCUT2D eigenvalue weighted by Crippen LogP contribution is -2.33. The van der Waals surface area contributed by atoms with Crippen LogP contribution in [0.4, 0.5) is 0 Å². The number of aliphatic hydroxyl groups is 1. The average molecular weight is 345 g/mol. The molecule has 1 fully saturated rings. The Morgan fingerprint density at radius 1 is 1.16 bits per heavy atom. The summed E-state index contributed by atoms with van der Waals surface area (Å²) in [5, 5.41) is 18.2. The standard InChI is InChI=1S/C19H31N5O/c1-4-9-23-16(3)18(15(2)21-23)14-22-10-6-17(7-11-22)19-5-8-20-24(19)12-13-25/h5,8,17,25H,4,6-7,9-14H2,1-3H3. The molecule has 25 heavy (non-hydrogen) atoms. The Balaban J connectivity index is 1.60. The fourth-order valence-corrected chi connectivity index (χ4v) is 3.97. The van der Waals surface area contributed by atoms with E-state index < -0.39 is 0 Å². The second kappa shape index (κ2) is 8.15. The third-order valence-corrected chi connectivity index (χ3v) is 5.42. The molecule has 0 saturated carbocycles. The molecule has 0 aliphatic carbocycles. The minimum absolute atomic E-state index is 0.147. The van der Waals surface area contributed by atoms with Gasteiger partial charge in [-0.05, 0) is 52.3 Å². The molecular formula is C19H31N5O. The predicted octanol–water partition coefficient (Wildman–Crippen LogP) is 2.48. The minimum atomic E-state index is 0.147. The normalized spacial score (nSPS) is 16.6. The number of aromatic nitrogens is 4. The first-order chi connectivity index (χ1) is 12.1. The number of rotatable bonds is 7. The first-order valence-corrected chi connectivity index (χ1v) is 9.51. The molecule has 3 rings (SSSR count). The average Bonchev–Trinajstić information content (AvgIpc) is 3.17. The summed E-state index contributed by atoms with van der Waals surface area (Å²) in [6.07, 6.45) is 5.27. The molecule has 1 aliphatic heterocycles. The monoisotopic (exact) mass is 345 g/mol. The molecule has 3 heterocycles. The van der Waals surface area contributed by atoms with Crippen LogP contribution in [0.3, 0.4) is 0 Å². The van der Waals surface area contributed by atoms with Gasteiger partial charge in [-0.3, -0.25) is 14.3 Å². The number of likely N-dealkylation sites (tertiary alicyclic amines) is 1. The maximum atomic E-state index is 9.18. The van der Waals surface area contributed by atoms with E-state index in [0.29, 0.717) is 12.5 Å². The number of hydrogen-bond acceptors (Lipinski definition) is 4. The van der Waals surface area contributed by atoms with Crippen LogP contribution in [0.5, 0.6) is 0 Å². The third-order valence-electron chi connectivity index (χ3n) is 5.42. The molecule has 1 saturated heterocycles. The van der Waals surface area contributed by atoms with E-state index in [1.807, 2.05) is 10.9 Å². The van der Waals surface area contributed by atoms with Gasteiger partial charge < -0.3 is 5.11 Å². The largest absolute Gasteiger partial charge is 0.394 e. The molecule has 0 aromatic carbocycles. The second-order valence-corrected chi connectivity index (χ2v) is 7.13. The van der Waals surface area contributed by atoms with Crippen molar-refractivity contribution in [1.82, 2.24) is 24.5 Å². The van der Waals surface area contributed by atoms with Gasteiger partial charge in [-0.25, -0.2) is 0 Å². The molecule has 2 aromatic rings. The molecule has 0 atom stereocenters. The summed E-state index contributed by atoms with van der Waals surface area (Å²) >= 11 is 0. The lowest BCUT2D eigenvalue weighted by molar-refractivity contribution is 0.198. The Morgan fingerprint density at radius 2 is 1.92 bits per heavy atom. The van der Waals surface area contributed by atoms with E-state index in [1.165, 1.54) is 22.6 Å². The smallest absolute Gasteiger partial charge is 0.0644 e. The Kier molecular flexibility index (Phi) is 5.91. The van der Waals surface area contributed by atoms with E-state index in [9.17, 15) is 5.11 Å². The van der Waals surface area contributed by atoms with E-state index in [4.69, 9.17) is 5.10 Å². The van der Waals surface area contributed by atoms with Crippen molar-refractivity contribution >= 4 is 0 Å². The SMILES string of the molecule is CCCn1nc(C)c(CN2CCC(c3ccnn3CCO)CC2)c1C. The van der Waals surface area contributed by atoms with E-state index in [0.717, 1.165) is 45.4 Å². The van der Waals surface area contributed by atoms with Gasteiger partial charge in [-0.2, -0.15) is 10.2 Å². The van der Waals surface area contributed by atoms with Crippen molar-refractivity contribution in [2.75, 3.05) is 19.7 Å². The summed E-state index contributed by atoms with van der Waals surface area (Å²) in [7, 11) is 0. The van der Waals surface area contributed by atoms with Gasteiger partial charge in [-0.1, -0.05) is 6.92 Å². The van der Waals surface area contributed by atoms with Crippen LogP contribution in [0.1, 0.15) is 54.7 Å². The van der Waals surface area contributed by atoms with Gasteiger partial charge in [0.2, 0.25) is 0 Å². The molecule has 0 radical (unpaired) electrons. The zero-order valence-corrected chi connectivity index (χ0v) is 15.8. The highest BCUT2D eigenvalue weighted by molar-refractivity contribution is 5.24. The second-order valence-electron chi connectivity index (χ2n) is 7.13. The van der Waals surface area contributed by atoms with Crippen molar-refractivity contribution in [2.24, 2.45) is 0 Å². The lowest BCUT2D eigenvalue weighted by Gasteiger charge is -2.32. The number of aliphatic hydroxyl groups excluding tert-OH is 1. The number of hydrogen-bond donors (Lipinski definition) is 1. The van der Waals surface area contributed by atoms with Gasteiger partial charge in [0, 0.05) is 42.2 Å². The van der Waals surface area contributed by atoms with Crippen molar-refractivity contribution in [3.63, 3.8) is 0 Å². The minimum Gasteiger partial charge on any atom is -0.394 e. The third kappa shape index (κ3) is 3.96. The summed E-state index contributed by atoms with van der Waals surface area (Å²) in [5.41, 5.74) is 5.17. The van der Waals surface area contributed by atoms with Gasteiger partial charge in [0.25, 0.3) is 0 Å². The van der Waals surface area contributed by atoms with Crippen LogP contribution in [0, 0.1) is 13.8 Å². The molecule has 138 valence electrons. The number of nitrogens with zero attached hydrogens (tertiary/aromatic N) is 5. The van der Waals surface area contributed by atoms with Crippen LogP contribution in [-0.4, -0.2) is 49.3 Å². The van der Waals surface area contributed by atoms with E-state index in [2.05, 4.69) is 41.5 Å². The molecule has 6 nitrogen and oxygen atoms in total. The van der Waals surface area contributed by atoms with Gasteiger partial charge in [-0.15, -0.1) is 0 Å². The first-order valence-electron chi connectivity index (χ1n) is 9.51. The molecule has 0 amide bonds. The van der Waals surface area contributed by atoms with Gasteiger partial charge >= 0.3 is 0 Å². The van der Waals surface area contributed by atoms with Crippen LogP contribution in [-0.2, 0) is 19.6 Å². The fourth-order valence-electron chi connectivity index (χ4n) is 3.97.